The number of nitrogens with two attached hydrogens (primary N) is 1. The Morgan fingerprint density at radius 3 is 2.52 bits per heavy atom. The van der Waals surface area contributed by atoms with Crippen LogP contribution < -0.4 is 16.0 Å². The number of nitrogens with one attached hydrogen (secondary N) is 1. The highest BCUT2D eigenvalue weighted by atomic mass is 32.2. The average Bonchev–Trinajstić information content (AvgIpc) is 2.46. The molecule has 0 radical (unpaired) electrons. The molecule has 0 fully saturated rings. The number of nitrogen functional groups attached to an aromatic ring is 1. The van der Waals surface area contributed by atoms with Crippen molar-refractivity contribution in [3.05, 3.63) is 41.5 Å². The molecule has 0 heterocycles. The molecular weight excluding hydrogens is 298 g/mol. The van der Waals surface area contributed by atoms with Crippen molar-refractivity contribution in [1.82, 2.24) is 0 Å². The highest BCUT2D eigenvalue weighted by Gasteiger charge is 2.17. The molecule has 7 heteroatoms. The lowest BCUT2D eigenvalue weighted by Gasteiger charge is -2.16. The number of thioether (sulfide) groups is 1. The van der Waals surface area contributed by atoms with E-state index in [-0.39, 0.29) is 22.9 Å². The third kappa shape index (κ3) is 3.03. The molecule has 2 aromatic carbocycles. The van der Waals surface area contributed by atoms with Crippen molar-refractivity contribution in [2.45, 2.75) is 11.8 Å². The third-order valence-electron chi connectivity index (χ3n) is 2.95. The Hall–Kier alpha value is -1.99. The van der Waals surface area contributed by atoms with E-state index in [1.807, 2.05) is 5.48 Å². The lowest BCUT2D eigenvalue weighted by atomic mass is 10.2. The smallest absolute Gasteiger partial charge is 0.176 e. The van der Waals surface area contributed by atoms with Crippen molar-refractivity contribution in [1.29, 1.82) is 0 Å². The van der Waals surface area contributed by atoms with Gasteiger partial charge >= 0.3 is 0 Å². The zero-order chi connectivity index (χ0) is 15.6. The lowest BCUT2D eigenvalue weighted by molar-refractivity contribution is 0.385. The zero-order valence-electron chi connectivity index (χ0n) is 11.4. The van der Waals surface area contributed by atoms with E-state index in [4.69, 9.17) is 15.7 Å². The fourth-order valence-electron chi connectivity index (χ4n) is 1.86. The number of halogens is 2. The number of rotatable bonds is 4. The summed E-state index contributed by atoms with van der Waals surface area (Å²) >= 11 is 1.27. The minimum absolute atomic E-state index is 0.00464. The standard InChI is InChI=1S/C14H14F2N2O2S/c1-7-12(18-19)6-10(16)13(14(7)21-2)20-8-3-4-9(15)11(17)5-8/h3-6,18-19H,17H2,1-2H3. The van der Waals surface area contributed by atoms with E-state index >= 15 is 0 Å². The summed E-state index contributed by atoms with van der Waals surface area (Å²) in [6, 6.07) is 4.92. The van der Waals surface area contributed by atoms with Gasteiger partial charge in [0.2, 0.25) is 0 Å². The number of hydrogen-bond acceptors (Lipinski definition) is 5. The molecule has 2 aromatic rings. The Kier molecular flexibility index (Phi) is 4.54. The molecule has 2 rings (SSSR count). The van der Waals surface area contributed by atoms with Crippen LogP contribution in [0.15, 0.2) is 29.2 Å². The van der Waals surface area contributed by atoms with Crippen LogP contribution in [-0.2, 0) is 0 Å². The van der Waals surface area contributed by atoms with Gasteiger partial charge in [-0.1, -0.05) is 0 Å². The molecule has 0 atom stereocenters. The highest BCUT2D eigenvalue weighted by Crippen LogP contribution is 2.40. The van der Waals surface area contributed by atoms with Gasteiger partial charge < -0.3 is 10.5 Å². The van der Waals surface area contributed by atoms with Gasteiger partial charge in [0, 0.05) is 12.1 Å². The fraction of sp³-hybridized carbons (Fsp3) is 0.143. The van der Waals surface area contributed by atoms with Crippen molar-refractivity contribution >= 4 is 23.1 Å². The van der Waals surface area contributed by atoms with Crippen LogP contribution in [0.25, 0.3) is 0 Å². The van der Waals surface area contributed by atoms with Gasteiger partial charge in [-0.15, -0.1) is 11.8 Å². The Labute approximate surface area is 124 Å². The van der Waals surface area contributed by atoms with Gasteiger partial charge in [-0.05, 0) is 30.9 Å². The van der Waals surface area contributed by atoms with Gasteiger partial charge in [0.1, 0.15) is 11.6 Å². The maximum Gasteiger partial charge on any atom is 0.176 e. The fourth-order valence-corrected chi connectivity index (χ4v) is 2.60. The van der Waals surface area contributed by atoms with Gasteiger partial charge in [0.25, 0.3) is 0 Å². The highest BCUT2D eigenvalue weighted by molar-refractivity contribution is 7.98. The Balaban J connectivity index is 2.48. The summed E-state index contributed by atoms with van der Waals surface area (Å²) < 4.78 is 32.8. The monoisotopic (exact) mass is 312 g/mol. The molecule has 0 spiro atoms. The second-order valence-electron chi connectivity index (χ2n) is 4.29. The molecule has 0 aliphatic rings. The van der Waals surface area contributed by atoms with E-state index in [2.05, 4.69) is 0 Å². The van der Waals surface area contributed by atoms with Crippen LogP contribution in [0.1, 0.15) is 5.56 Å². The minimum atomic E-state index is -0.649. The first-order chi connectivity index (χ1) is 9.97. The second kappa shape index (κ2) is 6.19. The summed E-state index contributed by atoms with van der Waals surface area (Å²) in [5, 5.41) is 8.99. The predicted octanol–water partition coefficient (Wildman–Crippen LogP) is 4.17. The molecule has 0 aliphatic heterocycles. The van der Waals surface area contributed by atoms with Crippen LogP contribution in [0.5, 0.6) is 11.5 Å². The molecule has 0 aromatic heterocycles. The summed E-state index contributed by atoms with van der Waals surface area (Å²) in [5.74, 6) is -0.981. The van der Waals surface area contributed by atoms with E-state index < -0.39 is 11.6 Å². The maximum atomic E-state index is 14.1. The molecule has 0 saturated heterocycles. The first-order valence-corrected chi connectivity index (χ1v) is 7.20. The van der Waals surface area contributed by atoms with Gasteiger partial charge in [-0.2, -0.15) is 0 Å². The normalized spacial score (nSPS) is 10.5. The number of anilines is 2. The number of benzene rings is 2. The number of ether oxygens (including phenoxy) is 1. The van der Waals surface area contributed by atoms with Crippen molar-refractivity contribution < 1.29 is 18.7 Å². The summed E-state index contributed by atoms with van der Waals surface area (Å²) in [4.78, 5) is 0.523. The molecule has 0 bridgehead atoms. The average molecular weight is 312 g/mol. The molecule has 0 unspecified atom stereocenters. The van der Waals surface area contributed by atoms with E-state index in [9.17, 15) is 8.78 Å². The summed E-state index contributed by atoms with van der Waals surface area (Å²) in [6.45, 7) is 1.72. The van der Waals surface area contributed by atoms with E-state index in [1.165, 1.54) is 23.9 Å². The molecule has 4 nitrogen and oxygen atoms in total. The van der Waals surface area contributed by atoms with Gasteiger partial charge in [-0.25, -0.2) is 8.78 Å². The van der Waals surface area contributed by atoms with E-state index in [0.29, 0.717) is 10.5 Å². The largest absolute Gasteiger partial charge is 0.453 e. The van der Waals surface area contributed by atoms with Gasteiger partial charge in [0.15, 0.2) is 11.6 Å². The second-order valence-corrected chi connectivity index (χ2v) is 5.11. The van der Waals surface area contributed by atoms with Gasteiger partial charge in [0.05, 0.1) is 16.3 Å². The maximum absolute atomic E-state index is 14.1. The van der Waals surface area contributed by atoms with Crippen LogP contribution in [0.4, 0.5) is 20.2 Å². The molecule has 0 amide bonds. The summed E-state index contributed by atoms with van der Waals surface area (Å²) in [5.41, 5.74) is 8.21. The molecule has 21 heavy (non-hydrogen) atoms. The molecule has 4 N–H and O–H groups in total. The number of hydrogen-bond donors (Lipinski definition) is 3. The van der Waals surface area contributed by atoms with Gasteiger partial charge in [-0.3, -0.25) is 10.7 Å². The summed E-state index contributed by atoms with van der Waals surface area (Å²) in [6.07, 6.45) is 1.76. The van der Waals surface area contributed by atoms with Crippen molar-refractivity contribution in [3.8, 4) is 11.5 Å². The topological polar surface area (TPSA) is 67.5 Å². The Bertz CT molecular complexity index is 681. The lowest BCUT2D eigenvalue weighted by Crippen LogP contribution is -2.00. The van der Waals surface area contributed by atoms with Crippen molar-refractivity contribution in [2.24, 2.45) is 0 Å². The molecular formula is C14H14F2N2O2S. The SMILES string of the molecule is CSc1c(C)c(NO)cc(F)c1Oc1ccc(F)c(N)c1. The van der Waals surface area contributed by atoms with Crippen molar-refractivity contribution in [2.75, 3.05) is 17.5 Å². The van der Waals surface area contributed by atoms with Crippen LogP contribution >= 0.6 is 11.8 Å². The van der Waals surface area contributed by atoms with Crippen LogP contribution in [0.2, 0.25) is 0 Å². The predicted molar refractivity (Wildman–Crippen MR) is 79.2 cm³/mol. The quantitative estimate of drug-likeness (QED) is 0.449. The molecule has 0 aliphatic carbocycles. The first-order valence-electron chi connectivity index (χ1n) is 5.98. The van der Waals surface area contributed by atoms with Crippen molar-refractivity contribution in [3.63, 3.8) is 0 Å². The van der Waals surface area contributed by atoms with Crippen LogP contribution in [0.3, 0.4) is 0 Å². The Morgan fingerprint density at radius 2 is 1.95 bits per heavy atom. The first kappa shape index (κ1) is 15.4. The van der Waals surface area contributed by atoms with Crippen LogP contribution in [0, 0.1) is 18.6 Å². The minimum Gasteiger partial charge on any atom is -0.453 e. The third-order valence-corrected chi connectivity index (χ3v) is 3.85. The van der Waals surface area contributed by atoms with Crippen LogP contribution in [-0.4, -0.2) is 11.5 Å². The zero-order valence-corrected chi connectivity index (χ0v) is 12.2. The van der Waals surface area contributed by atoms with E-state index in [1.54, 1.807) is 13.2 Å². The Morgan fingerprint density at radius 1 is 1.24 bits per heavy atom. The van der Waals surface area contributed by atoms with E-state index in [0.717, 1.165) is 12.1 Å². The summed E-state index contributed by atoms with van der Waals surface area (Å²) in [7, 11) is 0. The molecule has 0 saturated carbocycles. The molecule has 112 valence electrons.